The molecule has 2 fully saturated rings. The molecule has 2 bridgehead atoms. The Kier molecular flexibility index (Phi) is 4.67. The van der Waals surface area contributed by atoms with Crippen LogP contribution >= 0.6 is 0 Å². The van der Waals surface area contributed by atoms with E-state index in [0.717, 1.165) is 62.6 Å². The van der Waals surface area contributed by atoms with Crippen molar-refractivity contribution in [1.82, 2.24) is 10.3 Å². The van der Waals surface area contributed by atoms with E-state index in [4.69, 9.17) is 5.73 Å². The smallest absolute Gasteiger partial charge is 0.261 e. The maximum absolute atomic E-state index is 12.9. The minimum Gasteiger partial charge on any atom is -0.349 e. The van der Waals surface area contributed by atoms with E-state index in [-0.39, 0.29) is 29.1 Å². The fourth-order valence-electron chi connectivity index (χ4n) is 5.27. The highest BCUT2D eigenvalue weighted by Gasteiger charge is 2.40. The molecule has 1 amide bonds. The van der Waals surface area contributed by atoms with Crippen molar-refractivity contribution in [3.05, 3.63) is 33.2 Å². The minimum atomic E-state index is -0.240. The molecule has 1 heterocycles. The van der Waals surface area contributed by atoms with Crippen LogP contribution in [0, 0.1) is 11.8 Å². The lowest BCUT2D eigenvalue weighted by atomic mass is 9.67. The highest BCUT2D eigenvalue weighted by Crippen LogP contribution is 2.39. The summed E-state index contributed by atoms with van der Waals surface area (Å²) >= 11 is 0. The van der Waals surface area contributed by atoms with Crippen molar-refractivity contribution in [3.63, 3.8) is 0 Å². The summed E-state index contributed by atoms with van der Waals surface area (Å²) in [7, 11) is 0. The molecule has 2 saturated carbocycles. The maximum atomic E-state index is 12.9. The van der Waals surface area contributed by atoms with E-state index in [1.54, 1.807) is 0 Å². The summed E-state index contributed by atoms with van der Waals surface area (Å²) in [4.78, 5) is 28.3. The lowest BCUT2D eigenvalue weighted by molar-refractivity contribution is 0.0754. The van der Waals surface area contributed by atoms with Crippen molar-refractivity contribution in [2.24, 2.45) is 17.6 Å². The number of hydrogen-bond acceptors (Lipinski definition) is 3. The maximum Gasteiger partial charge on any atom is 0.261 e. The van der Waals surface area contributed by atoms with Crippen LogP contribution in [0.5, 0.6) is 0 Å². The van der Waals surface area contributed by atoms with Crippen LogP contribution in [0.25, 0.3) is 0 Å². The first-order chi connectivity index (χ1) is 12.1. The van der Waals surface area contributed by atoms with Gasteiger partial charge < -0.3 is 16.0 Å². The molecule has 0 saturated heterocycles. The van der Waals surface area contributed by atoms with Gasteiger partial charge in [-0.05, 0) is 74.8 Å². The van der Waals surface area contributed by atoms with Gasteiger partial charge >= 0.3 is 0 Å². The van der Waals surface area contributed by atoms with E-state index in [1.807, 2.05) is 6.07 Å². The van der Waals surface area contributed by atoms with Gasteiger partial charge in [0.25, 0.3) is 11.5 Å². The molecule has 1 aromatic rings. The molecule has 0 aliphatic heterocycles. The van der Waals surface area contributed by atoms with E-state index in [9.17, 15) is 9.59 Å². The standard InChI is InChI=1S/C20H29N3O2/c21-15-9-13-6-4-7-14(10-15)18(13)23-20(25)16-11-12-5-2-1-3-8-17(12)22-19(16)24/h11,13-15,18H,1-10,21H2,(H,22,24)(H,23,25). The third-order valence-electron chi connectivity index (χ3n) is 6.51. The Morgan fingerprint density at radius 3 is 2.56 bits per heavy atom. The quantitative estimate of drug-likeness (QED) is 0.720. The largest absolute Gasteiger partial charge is 0.349 e. The van der Waals surface area contributed by atoms with E-state index in [1.165, 1.54) is 12.8 Å². The molecule has 4 N–H and O–H groups in total. The highest BCUT2D eigenvalue weighted by atomic mass is 16.2. The molecule has 0 spiro atoms. The van der Waals surface area contributed by atoms with Crippen molar-refractivity contribution < 1.29 is 4.79 Å². The summed E-state index contributed by atoms with van der Waals surface area (Å²) in [5.74, 6) is 0.725. The van der Waals surface area contributed by atoms with Crippen molar-refractivity contribution in [2.75, 3.05) is 0 Å². The number of amides is 1. The number of pyridine rings is 1. The summed E-state index contributed by atoms with van der Waals surface area (Å²) in [5, 5.41) is 3.21. The Hall–Kier alpha value is -1.62. The third kappa shape index (κ3) is 3.39. The molecule has 0 radical (unpaired) electrons. The molecule has 25 heavy (non-hydrogen) atoms. The summed E-state index contributed by atoms with van der Waals surface area (Å²) in [5.41, 5.74) is 8.40. The predicted octanol–water partition coefficient (Wildman–Crippen LogP) is 2.28. The molecule has 3 aliphatic carbocycles. The lowest BCUT2D eigenvalue weighted by Crippen LogP contribution is -2.54. The number of aromatic nitrogens is 1. The number of aryl methyl sites for hydroxylation is 2. The van der Waals surface area contributed by atoms with Gasteiger partial charge in [-0.3, -0.25) is 9.59 Å². The van der Waals surface area contributed by atoms with Crippen molar-refractivity contribution in [2.45, 2.75) is 76.3 Å². The summed E-state index contributed by atoms with van der Waals surface area (Å²) < 4.78 is 0. The molecule has 4 rings (SSSR count). The molecule has 3 aliphatic rings. The zero-order chi connectivity index (χ0) is 17.4. The average Bonchev–Trinajstić information content (AvgIpc) is 2.79. The first kappa shape index (κ1) is 16.8. The third-order valence-corrected chi connectivity index (χ3v) is 6.51. The van der Waals surface area contributed by atoms with E-state index >= 15 is 0 Å². The number of fused-ring (bicyclic) bond motifs is 3. The van der Waals surface area contributed by atoms with Crippen LogP contribution < -0.4 is 16.6 Å². The fourth-order valence-corrected chi connectivity index (χ4v) is 5.27. The van der Waals surface area contributed by atoms with Crippen molar-refractivity contribution in [3.8, 4) is 0 Å². The van der Waals surface area contributed by atoms with E-state index in [0.29, 0.717) is 11.8 Å². The van der Waals surface area contributed by atoms with Crippen LogP contribution in [0.4, 0.5) is 0 Å². The van der Waals surface area contributed by atoms with Crippen LogP contribution in [-0.2, 0) is 12.8 Å². The molecule has 2 unspecified atom stereocenters. The second kappa shape index (κ2) is 6.94. The zero-order valence-electron chi connectivity index (χ0n) is 14.9. The summed E-state index contributed by atoms with van der Waals surface area (Å²) in [6.45, 7) is 0. The Labute approximate surface area is 148 Å². The molecule has 1 aromatic heterocycles. The van der Waals surface area contributed by atoms with Gasteiger partial charge in [-0.15, -0.1) is 0 Å². The molecular weight excluding hydrogens is 314 g/mol. The number of carbonyl (C=O) groups excluding carboxylic acids is 1. The van der Waals surface area contributed by atoms with Crippen molar-refractivity contribution in [1.29, 1.82) is 0 Å². The second-order valence-corrected chi connectivity index (χ2v) is 8.26. The lowest BCUT2D eigenvalue weighted by Gasteiger charge is -2.45. The van der Waals surface area contributed by atoms with Gasteiger partial charge in [0.1, 0.15) is 5.56 Å². The monoisotopic (exact) mass is 343 g/mol. The number of hydrogen-bond donors (Lipinski definition) is 3. The number of nitrogens with two attached hydrogens (primary N) is 1. The Morgan fingerprint density at radius 1 is 1.08 bits per heavy atom. The second-order valence-electron chi connectivity index (χ2n) is 8.26. The zero-order valence-corrected chi connectivity index (χ0v) is 14.9. The van der Waals surface area contributed by atoms with Gasteiger partial charge in [-0.1, -0.05) is 12.8 Å². The summed E-state index contributed by atoms with van der Waals surface area (Å²) in [6, 6.07) is 2.29. The average molecular weight is 343 g/mol. The number of nitrogens with one attached hydrogen (secondary N) is 2. The van der Waals surface area contributed by atoms with Gasteiger partial charge in [-0.2, -0.15) is 0 Å². The fraction of sp³-hybridized carbons (Fsp3) is 0.700. The Morgan fingerprint density at radius 2 is 1.80 bits per heavy atom. The van der Waals surface area contributed by atoms with Crippen LogP contribution in [0.1, 0.15) is 73.0 Å². The molecular formula is C20H29N3O2. The first-order valence-electron chi connectivity index (χ1n) is 9.93. The SMILES string of the molecule is NC1CC2CCCC(C1)C2NC(=O)c1cc2c([nH]c1=O)CCCCC2. The van der Waals surface area contributed by atoms with Crippen LogP contribution in [-0.4, -0.2) is 23.0 Å². The Balaban J connectivity index is 1.55. The molecule has 5 heteroatoms. The van der Waals surface area contributed by atoms with Gasteiger partial charge in [0.2, 0.25) is 0 Å². The normalized spacial score (nSPS) is 31.7. The Bertz CT molecular complexity index is 697. The summed E-state index contributed by atoms with van der Waals surface area (Å²) in [6.07, 6.45) is 10.8. The van der Waals surface area contributed by atoms with Crippen molar-refractivity contribution >= 4 is 5.91 Å². The molecule has 136 valence electrons. The van der Waals surface area contributed by atoms with Gasteiger partial charge in [0.15, 0.2) is 0 Å². The molecule has 5 nitrogen and oxygen atoms in total. The van der Waals surface area contributed by atoms with Crippen LogP contribution in [0.3, 0.4) is 0 Å². The van der Waals surface area contributed by atoms with E-state index in [2.05, 4.69) is 10.3 Å². The van der Waals surface area contributed by atoms with Crippen LogP contribution in [0.2, 0.25) is 0 Å². The predicted molar refractivity (Wildman–Crippen MR) is 97.6 cm³/mol. The minimum absolute atomic E-state index is 0.180. The van der Waals surface area contributed by atoms with Gasteiger partial charge in [0.05, 0.1) is 0 Å². The molecule has 2 atom stereocenters. The van der Waals surface area contributed by atoms with Gasteiger partial charge in [0, 0.05) is 17.8 Å². The highest BCUT2D eigenvalue weighted by molar-refractivity contribution is 5.94. The van der Waals surface area contributed by atoms with E-state index < -0.39 is 0 Å². The topological polar surface area (TPSA) is 88.0 Å². The van der Waals surface area contributed by atoms with Crippen LogP contribution in [0.15, 0.2) is 10.9 Å². The number of H-pyrrole nitrogens is 1. The molecule has 0 aromatic carbocycles. The number of carbonyl (C=O) groups is 1. The number of rotatable bonds is 2. The van der Waals surface area contributed by atoms with Gasteiger partial charge in [-0.25, -0.2) is 0 Å². The first-order valence-corrected chi connectivity index (χ1v) is 9.93. The number of aromatic amines is 1.